The van der Waals surface area contributed by atoms with Gasteiger partial charge in [0.25, 0.3) is 0 Å². The van der Waals surface area contributed by atoms with Crippen molar-refractivity contribution in [2.24, 2.45) is 0 Å². The van der Waals surface area contributed by atoms with Crippen LogP contribution in [0.5, 0.6) is 5.75 Å². The van der Waals surface area contributed by atoms with Crippen molar-refractivity contribution in [1.29, 1.82) is 0 Å². The first-order chi connectivity index (χ1) is 9.16. The Kier molecular flexibility index (Phi) is 5.02. The Morgan fingerprint density at radius 1 is 1.11 bits per heavy atom. The zero-order valence-electron chi connectivity index (χ0n) is 11.0. The quantitative estimate of drug-likeness (QED) is 0.512. The second kappa shape index (κ2) is 6.75. The van der Waals surface area contributed by atoms with Crippen LogP contribution >= 0.6 is 22.6 Å². The van der Waals surface area contributed by atoms with Gasteiger partial charge in [-0.3, -0.25) is 0 Å². The van der Waals surface area contributed by atoms with Gasteiger partial charge >= 0.3 is 0 Å². The first-order valence-corrected chi connectivity index (χ1v) is 7.35. The van der Waals surface area contributed by atoms with Gasteiger partial charge in [0.05, 0.1) is 3.57 Å². The third-order valence-corrected chi connectivity index (χ3v) is 3.70. The Balaban J connectivity index is 2.24. The summed E-state index contributed by atoms with van der Waals surface area (Å²) in [5.41, 5.74) is 2.31. The summed E-state index contributed by atoms with van der Waals surface area (Å²) in [5.74, 6) is 0.929. The molecule has 0 fully saturated rings. The van der Waals surface area contributed by atoms with Gasteiger partial charge in [-0.05, 0) is 47.2 Å². The highest BCUT2D eigenvalue weighted by molar-refractivity contribution is 14.1. The number of hydrogen-bond donors (Lipinski definition) is 0. The van der Waals surface area contributed by atoms with E-state index in [0.29, 0.717) is 0 Å². The predicted octanol–water partition coefficient (Wildman–Crippen LogP) is 5.38. The highest BCUT2D eigenvalue weighted by atomic mass is 127. The van der Waals surface area contributed by atoms with E-state index in [1.54, 1.807) is 0 Å². The average molecular weight is 364 g/mol. The van der Waals surface area contributed by atoms with Crippen molar-refractivity contribution in [2.45, 2.75) is 19.4 Å². The minimum absolute atomic E-state index is 0.0228. The molecule has 19 heavy (non-hydrogen) atoms. The molecule has 1 unspecified atom stereocenters. The maximum absolute atomic E-state index is 6.17. The minimum atomic E-state index is 0.0228. The Morgan fingerprint density at radius 2 is 1.74 bits per heavy atom. The fourth-order valence-corrected chi connectivity index (χ4v) is 2.42. The first-order valence-electron chi connectivity index (χ1n) is 6.27. The molecule has 0 aliphatic heterocycles. The molecule has 0 spiro atoms. The molecule has 98 valence electrons. The van der Waals surface area contributed by atoms with Crippen molar-refractivity contribution in [2.75, 3.05) is 0 Å². The van der Waals surface area contributed by atoms with Gasteiger partial charge in [0.1, 0.15) is 11.9 Å². The van der Waals surface area contributed by atoms with Crippen molar-refractivity contribution < 1.29 is 4.74 Å². The molecule has 0 radical (unpaired) electrons. The lowest BCUT2D eigenvalue weighted by Crippen LogP contribution is -2.08. The molecule has 0 bridgehead atoms. The van der Waals surface area contributed by atoms with Gasteiger partial charge in [-0.2, -0.15) is 0 Å². The molecular formula is C17H17IO. The smallest absolute Gasteiger partial charge is 0.133 e. The first kappa shape index (κ1) is 14.1. The number of benzene rings is 2. The van der Waals surface area contributed by atoms with E-state index in [2.05, 4.69) is 47.4 Å². The number of hydrogen-bond acceptors (Lipinski definition) is 1. The molecule has 0 aliphatic rings. The van der Waals surface area contributed by atoms with Crippen molar-refractivity contribution in [3.63, 3.8) is 0 Å². The Labute approximate surface area is 128 Å². The third kappa shape index (κ3) is 4.10. The van der Waals surface area contributed by atoms with Crippen molar-refractivity contribution in [1.82, 2.24) is 0 Å². The van der Waals surface area contributed by atoms with Crippen molar-refractivity contribution >= 4 is 22.6 Å². The molecule has 0 saturated carbocycles. The number of ether oxygens (including phenoxy) is 1. The summed E-state index contributed by atoms with van der Waals surface area (Å²) < 4.78 is 7.30. The van der Waals surface area contributed by atoms with E-state index in [9.17, 15) is 0 Å². The summed E-state index contributed by atoms with van der Waals surface area (Å²) in [5, 5.41) is 0. The number of halogens is 1. The van der Waals surface area contributed by atoms with Crippen LogP contribution in [0, 0.1) is 3.57 Å². The molecule has 0 N–H and O–H groups in total. The number of rotatable bonds is 5. The third-order valence-electron chi connectivity index (χ3n) is 2.81. The zero-order chi connectivity index (χ0) is 13.7. The Bertz CT molecular complexity index is 548. The summed E-state index contributed by atoms with van der Waals surface area (Å²) in [6, 6.07) is 18.4. The lowest BCUT2D eigenvalue weighted by atomic mass is 10.0. The molecule has 2 heteroatoms. The maximum atomic E-state index is 6.17. The minimum Gasteiger partial charge on any atom is -0.484 e. The molecule has 0 aromatic heterocycles. The highest BCUT2D eigenvalue weighted by Crippen LogP contribution is 2.29. The van der Waals surface area contributed by atoms with Crippen molar-refractivity contribution in [3.8, 4) is 5.75 Å². The highest BCUT2D eigenvalue weighted by Gasteiger charge is 2.14. The van der Waals surface area contributed by atoms with Gasteiger partial charge in [-0.25, -0.2) is 0 Å². The summed E-state index contributed by atoms with van der Waals surface area (Å²) in [7, 11) is 0. The van der Waals surface area contributed by atoms with Gasteiger partial charge < -0.3 is 4.74 Å². The second-order valence-corrected chi connectivity index (χ2v) is 5.77. The van der Waals surface area contributed by atoms with Crippen molar-refractivity contribution in [3.05, 3.63) is 75.9 Å². The van der Waals surface area contributed by atoms with E-state index in [-0.39, 0.29) is 6.10 Å². The number of para-hydroxylation sites is 1. The fraction of sp³-hybridized carbons (Fsp3) is 0.176. The summed E-state index contributed by atoms with van der Waals surface area (Å²) in [6.07, 6.45) is 0.851. The second-order valence-electron chi connectivity index (χ2n) is 4.61. The van der Waals surface area contributed by atoms with Gasteiger partial charge in [0, 0.05) is 6.42 Å². The fourth-order valence-electron chi connectivity index (χ4n) is 1.91. The molecule has 1 atom stereocenters. The standard InChI is InChI=1S/C17H17IO/c1-13(2)12-17(14-8-4-3-5-9-14)19-16-11-7-6-10-15(16)18/h3-11,17H,1,12H2,2H3. The van der Waals surface area contributed by atoms with Crippen LogP contribution in [0.2, 0.25) is 0 Å². The van der Waals surface area contributed by atoms with Gasteiger partial charge in [-0.1, -0.05) is 54.6 Å². The van der Waals surface area contributed by atoms with E-state index in [1.807, 2.05) is 43.3 Å². The van der Waals surface area contributed by atoms with Gasteiger partial charge in [-0.15, -0.1) is 0 Å². The van der Waals surface area contributed by atoms with E-state index in [4.69, 9.17) is 4.74 Å². The Morgan fingerprint density at radius 3 is 2.37 bits per heavy atom. The molecule has 2 aromatic carbocycles. The maximum Gasteiger partial charge on any atom is 0.133 e. The van der Waals surface area contributed by atoms with E-state index < -0.39 is 0 Å². The molecule has 0 amide bonds. The summed E-state index contributed by atoms with van der Waals surface area (Å²) in [6.45, 7) is 6.04. The topological polar surface area (TPSA) is 9.23 Å². The molecule has 2 aromatic rings. The largest absolute Gasteiger partial charge is 0.484 e. The molecule has 0 saturated heterocycles. The molecular weight excluding hydrogens is 347 g/mol. The van der Waals surface area contributed by atoms with Gasteiger partial charge in [0.15, 0.2) is 0 Å². The SMILES string of the molecule is C=C(C)CC(Oc1ccccc1I)c1ccccc1. The van der Waals surface area contributed by atoms with Gasteiger partial charge in [0.2, 0.25) is 0 Å². The van der Waals surface area contributed by atoms with Crippen LogP contribution in [-0.4, -0.2) is 0 Å². The van der Waals surface area contributed by atoms with E-state index in [0.717, 1.165) is 21.3 Å². The van der Waals surface area contributed by atoms with E-state index in [1.165, 1.54) is 5.56 Å². The molecule has 0 heterocycles. The monoisotopic (exact) mass is 364 g/mol. The van der Waals surface area contributed by atoms with Crippen LogP contribution in [0.3, 0.4) is 0 Å². The normalized spacial score (nSPS) is 11.9. The molecule has 2 rings (SSSR count). The lowest BCUT2D eigenvalue weighted by molar-refractivity contribution is 0.204. The lowest BCUT2D eigenvalue weighted by Gasteiger charge is -2.20. The van der Waals surface area contributed by atoms with Crippen LogP contribution in [0.4, 0.5) is 0 Å². The zero-order valence-corrected chi connectivity index (χ0v) is 13.1. The average Bonchev–Trinajstić information content (AvgIpc) is 2.41. The molecule has 0 aliphatic carbocycles. The molecule has 1 nitrogen and oxygen atoms in total. The van der Waals surface area contributed by atoms with Crippen LogP contribution in [-0.2, 0) is 0 Å². The predicted molar refractivity (Wildman–Crippen MR) is 88.4 cm³/mol. The summed E-state index contributed by atoms with van der Waals surface area (Å²) >= 11 is 2.30. The van der Waals surface area contributed by atoms with Crippen LogP contribution in [0.1, 0.15) is 25.0 Å². The van der Waals surface area contributed by atoms with Crippen LogP contribution in [0.15, 0.2) is 66.7 Å². The Hall–Kier alpha value is -1.29. The van der Waals surface area contributed by atoms with Crippen LogP contribution in [0.25, 0.3) is 0 Å². The summed E-state index contributed by atoms with van der Waals surface area (Å²) in [4.78, 5) is 0. The van der Waals surface area contributed by atoms with Crippen LogP contribution < -0.4 is 4.74 Å². The van der Waals surface area contributed by atoms with E-state index >= 15 is 0 Å².